The molecule has 1 aromatic heterocycles. The van der Waals surface area contributed by atoms with Gasteiger partial charge >= 0.3 is 12.3 Å². The smallest absolute Gasteiger partial charge is 0.434 e. The molecule has 0 aliphatic carbocycles. The SMILES string of the molecule is Cc1nc2ccc(Cl)c(C(F)(F)F)c2n1-c1cccc(C2(C)CS(=O)(=O)N(C)C(=NC(=O)O)N2)c1F. The van der Waals surface area contributed by atoms with Gasteiger partial charge in [0, 0.05) is 12.6 Å². The Bertz CT molecular complexity index is 1550. The van der Waals surface area contributed by atoms with E-state index in [9.17, 15) is 26.4 Å². The van der Waals surface area contributed by atoms with E-state index in [-0.39, 0.29) is 22.6 Å². The number of sulfonamides is 1. The van der Waals surface area contributed by atoms with Crippen molar-refractivity contribution in [2.45, 2.75) is 25.6 Å². The van der Waals surface area contributed by atoms with Crippen LogP contribution in [-0.4, -0.2) is 52.2 Å². The number of guanidine groups is 1. The summed E-state index contributed by atoms with van der Waals surface area (Å²) in [7, 11) is -3.06. The molecule has 1 unspecified atom stereocenters. The third-order valence-electron chi connectivity index (χ3n) is 5.81. The zero-order valence-corrected chi connectivity index (χ0v) is 20.4. The number of aromatic nitrogens is 2. The molecule has 1 amide bonds. The monoisotopic (exact) mass is 547 g/mol. The number of nitrogens with zero attached hydrogens (tertiary/aromatic N) is 4. The number of hydrogen-bond acceptors (Lipinski definition) is 4. The van der Waals surface area contributed by atoms with Crippen molar-refractivity contribution in [1.82, 2.24) is 19.2 Å². The summed E-state index contributed by atoms with van der Waals surface area (Å²) in [6, 6.07) is 6.13. The number of benzene rings is 2. The van der Waals surface area contributed by atoms with Crippen molar-refractivity contribution >= 4 is 44.7 Å². The molecule has 2 N–H and O–H groups in total. The average Bonchev–Trinajstić information content (AvgIpc) is 3.05. The first-order chi connectivity index (χ1) is 16.6. The Morgan fingerprint density at radius 3 is 2.56 bits per heavy atom. The van der Waals surface area contributed by atoms with Crippen LogP contribution < -0.4 is 5.32 Å². The van der Waals surface area contributed by atoms with Crippen LogP contribution in [0.25, 0.3) is 16.7 Å². The molecular weight excluding hydrogens is 530 g/mol. The minimum absolute atomic E-state index is 0.0241. The molecule has 1 saturated heterocycles. The lowest BCUT2D eigenvalue weighted by molar-refractivity contribution is -0.136. The van der Waals surface area contributed by atoms with E-state index in [1.807, 2.05) is 0 Å². The molecule has 1 fully saturated rings. The van der Waals surface area contributed by atoms with Gasteiger partial charge in [-0.2, -0.15) is 13.2 Å². The highest BCUT2D eigenvalue weighted by Gasteiger charge is 2.45. The van der Waals surface area contributed by atoms with E-state index in [4.69, 9.17) is 16.7 Å². The van der Waals surface area contributed by atoms with E-state index >= 15 is 4.39 Å². The van der Waals surface area contributed by atoms with Crippen molar-refractivity contribution in [3.05, 3.63) is 58.1 Å². The number of fused-ring (bicyclic) bond motifs is 1. The number of imidazole rings is 1. The van der Waals surface area contributed by atoms with Crippen LogP contribution in [0.2, 0.25) is 5.02 Å². The van der Waals surface area contributed by atoms with Crippen LogP contribution in [0.1, 0.15) is 23.9 Å². The normalized spacial score (nSPS) is 21.1. The van der Waals surface area contributed by atoms with Gasteiger partial charge in [0.25, 0.3) is 0 Å². The van der Waals surface area contributed by atoms with Gasteiger partial charge in [-0.1, -0.05) is 23.7 Å². The summed E-state index contributed by atoms with van der Waals surface area (Å²) in [5.41, 5.74) is -4.05. The lowest BCUT2D eigenvalue weighted by atomic mass is 9.92. The van der Waals surface area contributed by atoms with Gasteiger partial charge < -0.3 is 10.4 Å². The first-order valence-electron chi connectivity index (χ1n) is 10.2. The number of alkyl halides is 3. The number of carboxylic acid groups (broad SMARTS) is 1. The number of aliphatic imine (C=N–C) groups is 1. The van der Waals surface area contributed by atoms with Gasteiger partial charge in [-0.15, -0.1) is 4.99 Å². The van der Waals surface area contributed by atoms with Crippen LogP contribution in [0.5, 0.6) is 0 Å². The molecule has 1 atom stereocenters. The molecule has 3 aromatic rings. The van der Waals surface area contributed by atoms with E-state index in [1.165, 1.54) is 38.1 Å². The van der Waals surface area contributed by atoms with Gasteiger partial charge in [0.05, 0.1) is 33.0 Å². The van der Waals surface area contributed by atoms with Crippen LogP contribution in [0.4, 0.5) is 22.4 Å². The number of aryl methyl sites for hydroxylation is 1. The van der Waals surface area contributed by atoms with Gasteiger partial charge in [0.2, 0.25) is 16.0 Å². The van der Waals surface area contributed by atoms with Crippen molar-refractivity contribution in [3.8, 4) is 5.69 Å². The lowest BCUT2D eigenvalue weighted by Crippen LogP contribution is -2.61. The Labute approximate surface area is 207 Å². The highest BCUT2D eigenvalue weighted by atomic mass is 35.5. The predicted molar refractivity (Wildman–Crippen MR) is 123 cm³/mol. The molecule has 1 aliphatic rings. The van der Waals surface area contributed by atoms with E-state index in [2.05, 4.69) is 15.3 Å². The minimum atomic E-state index is -4.88. The molecular formula is C21H18ClF4N5O4S. The molecule has 1 aliphatic heterocycles. The topological polar surface area (TPSA) is 117 Å². The Balaban J connectivity index is 1.98. The highest BCUT2D eigenvalue weighted by molar-refractivity contribution is 7.89. The fraction of sp³-hybridized carbons (Fsp3) is 0.286. The van der Waals surface area contributed by atoms with Gasteiger partial charge in [-0.3, -0.25) is 4.57 Å². The van der Waals surface area contributed by atoms with Gasteiger partial charge in [-0.05, 0) is 32.0 Å². The Morgan fingerprint density at radius 2 is 1.94 bits per heavy atom. The molecule has 0 spiro atoms. The number of rotatable bonds is 2. The van der Waals surface area contributed by atoms with E-state index in [1.54, 1.807) is 0 Å². The Morgan fingerprint density at radius 1 is 1.28 bits per heavy atom. The summed E-state index contributed by atoms with van der Waals surface area (Å²) in [6.07, 6.45) is -6.57. The number of hydrogen-bond donors (Lipinski definition) is 2. The van der Waals surface area contributed by atoms with Crippen molar-refractivity contribution in [2.24, 2.45) is 4.99 Å². The summed E-state index contributed by atoms with van der Waals surface area (Å²) in [4.78, 5) is 18.5. The second-order valence-electron chi connectivity index (χ2n) is 8.32. The minimum Gasteiger partial charge on any atom is -0.463 e. The third-order valence-corrected chi connectivity index (χ3v) is 8.07. The Hall–Kier alpha value is -3.39. The second kappa shape index (κ2) is 8.34. The average molecular weight is 548 g/mol. The Kier molecular flexibility index (Phi) is 5.95. The maximum Gasteiger partial charge on any atom is 0.434 e. The van der Waals surface area contributed by atoms with E-state index in [0.29, 0.717) is 4.31 Å². The lowest BCUT2D eigenvalue weighted by Gasteiger charge is -2.40. The standard InChI is InChI=1S/C21H18ClF4N5O4S/c1-10-27-13-8-7-12(22)15(21(24,25)26)17(13)31(10)14-6-4-5-11(16(14)23)20(2)9-36(34,35)30(3)18(29-20)28-19(32)33/h4-8H,9H2,1-3H3,(H,28,29)(H,32,33). The van der Waals surface area contributed by atoms with Crippen molar-refractivity contribution in [2.75, 3.05) is 12.8 Å². The zero-order chi connectivity index (χ0) is 26.8. The molecule has 2 heterocycles. The first-order valence-corrected chi connectivity index (χ1v) is 12.2. The molecule has 192 valence electrons. The molecule has 9 nitrogen and oxygen atoms in total. The van der Waals surface area contributed by atoms with E-state index in [0.717, 1.165) is 17.7 Å². The molecule has 2 aromatic carbocycles. The number of halogens is 5. The summed E-state index contributed by atoms with van der Waals surface area (Å²) in [5, 5.41) is 11.1. The third kappa shape index (κ3) is 4.13. The summed E-state index contributed by atoms with van der Waals surface area (Å²) >= 11 is 5.88. The second-order valence-corrected chi connectivity index (χ2v) is 10.7. The fourth-order valence-corrected chi connectivity index (χ4v) is 5.99. The van der Waals surface area contributed by atoms with Crippen LogP contribution in [0.15, 0.2) is 35.3 Å². The summed E-state index contributed by atoms with van der Waals surface area (Å²) in [6.45, 7) is 2.70. The van der Waals surface area contributed by atoms with Crippen molar-refractivity contribution in [3.63, 3.8) is 0 Å². The molecule has 36 heavy (non-hydrogen) atoms. The largest absolute Gasteiger partial charge is 0.463 e. The van der Waals surface area contributed by atoms with Crippen LogP contribution in [0.3, 0.4) is 0 Å². The van der Waals surface area contributed by atoms with Gasteiger partial charge in [-0.25, -0.2) is 26.9 Å². The van der Waals surface area contributed by atoms with E-state index < -0.39 is 61.5 Å². The molecule has 0 bridgehead atoms. The van der Waals surface area contributed by atoms with Gasteiger partial charge in [0.1, 0.15) is 11.4 Å². The predicted octanol–water partition coefficient (Wildman–Crippen LogP) is 4.26. The quantitative estimate of drug-likeness (QED) is 0.463. The number of nitrogens with one attached hydrogen (secondary N) is 1. The molecule has 4 rings (SSSR count). The molecule has 15 heteroatoms. The first kappa shape index (κ1) is 25.7. The number of carbonyl (C=O) groups is 1. The van der Waals surface area contributed by atoms with Gasteiger partial charge in [0.15, 0.2) is 5.82 Å². The highest BCUT2D eigenvalue weighted by Crippen LogP contribution is 2.42. The summed E-state index contributed by atoms with van der Waals surface area (Å²) < 4.78 is 84.9. The maximum absolute atomic E-state index is 16.1. The fourth-order valence-electron chi connectivity index (χ4n) is 4.23. The van der Waals surface area contributed by atoms with Crippen LogP contribution in [-0.2, 0) is 21.7 Å². The maximum atomic E-state index is 16.1. The van der Waals surface area contributed by atoms with Crippen molar-refractivity contribution in [1.29, 1.82) is 0 Å². The zero-order valence-electron chi connectivity index (χ0n) is 18.9. The van der Waals surface area contributed by atoms with Crippen LogP contribution >= 0.6 is 11.6 Å². The summed E-state index contributed by atoms with van der Waals surface area (Å²) in [5.74, 6) is -2.27. The number of amides is 1. The van der Waals surface area contributed by atoms with Crippen LogP contribution in [0, 0.1) is 12.7 Å². The molecule has 0 radical (unpaired) electrons. The molecule has 0 saturated carbocycles. The van der Waals surface area contributed by atoms with Crippen molar-refractivity contribution < 1.29 is 35.9 Å².